The van der Waals surface area contributed by atoms with Crippen LogP contribution in [0.15, 0.2) is 41.9 Å². The van der Waals surface area contributed by atoms with Gasteiger partial charge in [0.1, 0.15) is 12.7 Å². The quantitative estimate of drug-likeness (QED) is 0.404. The molecular formula is C20H31IN6. The fraction of sp³-hybridized carbons (Fsp3) is 0.550. The number of benzene rings is 1. The number of nitrogens with one attached hydrogen (secondary N) is 1. The SMILES string of the molecule is CCNC(=NCc1cccc(Cn2cncn2)c1)N1CC(C)CC(C)C1.I. The summed E-state index contributed by atoms with van der Waals surface area (Å²) in [6.07, 6.45) is 4.62. The van der Waals surface area contributed by atoms with E-state index in [9.17, 15) is 0 Å². The zero-order chi connectivity index (χ0) is 18.4. The van der Waals surface area contributed by atoms with Crippen molar-refractivity contribution in [3.8, 4) is 0 Å². The van der Waals surface area contributed by atoms with Gasteiger partial charge in [-0.15, -0.1) is 24.0 Å². The summed E-state index contributed by atoms with van der Waals surface area (Å²) in [6, 6.07) is 8.55. The Bertz CT molecular complexity index is 705. The van der Waals surface area contributed by atoms with Crippen LogP contribution in [0.3, 0.4) is 0 Å². The summed E-state index contributed by atoms with van der Waals surface area (Å²) in [5.41, 5.74) is 2.43. The summed E-state index contributed by atoms with van der Waals surface area (Å²) in [5.74, 6) is 2.47. The van der Waals surface area contributed by atoms with Crippen molar-refractivity contribution >= 4 is 29.9 Å². The van der Waals surface area contributed by atoms with Gasteiger partial charge in [0.25, 0.3) is 0 Å². The average molecular weight is 482 g/mol. The second-order valence-corrected chi connectivity index (χ2v) is 7.43. The van der Waals surface area contributed by atoms with Crippen LogP contribution in [0.4, 0.5) is 0 Å². The fourth-order valence-electron chi connectivity index (χ4n) is 3.76. The molecule has 1 aromatic carbocycles. The molecule has 0 saturated carbocycles. The Balaban J connectivity index is 0.00000261. The lowest BCUT2D eigenvalue weighted by Gasteiger charge is -2.37. The van der Waals surface area contributed by atoms with Gasteiger partial charge in [-0.25, -0.2) is 14.7 Å². The molecule has 1 saturated heterocycles. The topological polar surface area (TPSA) is 58.3 Å². The first kappa shape index (κ1) is 21.7. The number of rotatable bonds is 5. The lowest BCUT2D eigenvalue weighted by atomic mass is 9.92. The molecule has 6 nitrogen and oxygen atoms in total. The molecule has 1 fully saturated rings. The van der Waals surface area contributed by atoms with Gasteiger partial charge in [-0.1, -0.05) is 38.1 Å². The molecule has 1 aliphatic heterocycles. The standard InChI is InChI=1S/C20H30N6.HI/c1-4-22-20(25-11-16(2)8-17(3)12-25)23-10-18-6-5-7-19(9-18)13-26-15-21-14-24-26;/h5-7,9,14-17H,4,8,10-13H2,1-3H3,(H,22,23);1H. The van der Waals surface area contributed by atoms with Crippen LogP contribution in [0.1, 0.15) is 38.3 Å². The smallest absolute Gasteiger partial charge is 0.194 e. The van der Waals surface area contributed by atoms with Crippen LogP contribution in [0.25, 0.3) is 0 Å². The summed E-state index contributed by atoms with van der Waals surface area (Å²) in [5, 5.41) is 7.64. The van der Waals surface area contributed by atoms with E-state index in [-0.39, 0.29) is 24.0 Å². The first-order chi connectivity index (χ1) is 12.6. The number of likely N-dealkylation sites (tertiary alicyclic amines) is 1. The summed E-state index contributed by atoms with van der Waals surface area (Å²) in [7, 11) is 0. The van der Waals surface area contributed by atoms with Crippen molar-refractivity contribution in [2.75, 3.05) is 19.6 Å². The van der Waals surface area contributed by atoms with E-state index in [1.165, 1.54) is 17.5 Å². The maximum Gasteiger partial charge on any atom is 0.194 e. The highest BCUT2D eigenvalue weighted by molar-refractivity contribution is 14.0. The minimum Gasteiger partial charge on any atom is -0.357 e. The van der Waals surface area contributed by atoms with Gasteiger partial charge in [-0.05, 0) is 36.3 Å². The molecule has 0 radical (unpaired) electrons. The third kappa shape index (κ3) is 6.48. The minimum atomic E-state index is 0. The van der Waals surface area contributed by atoms with E-state index in [0.717, 1.165) is 32.1 Å². The van der Waals surface area contributed by atoms with Gasteiger partial charge in [0.2, 0.25) is 0 Å². The van der Waals surface area contributed by atoms with Crippen molar-refractivity contribution in [2.24, 2.45) is 16.8 Å². The van der Waals surface area contributed by atoms with Crippen LogP contribution in [0.2, 0.25) is 0 Å². The van der Waals surface area contributed by atoms with Gasteiger partial charge in [0.05, 0.1) is 13.1 Å². The largest absolute Gasteiger partial charge is 0.357 e. The number of aliphatic imine (C=N–C) groups is 1. The zero-order valence-corrected chi connectivity index (χ0v) is 18.8. The van der Waals surface area contributed by atoms with Crippen molar-refractivity contribution in [3.05, 3.63) is 48.0 Å². The van der Waals surface area contributed by atoms with Crippen LogP contribution < -0.4 is 5.32 Å². The van der Waals surface area contributed by atoms with Crippen molar-refractivity contribution in [1.29, 1.82) is 0 Å². The van der Waals surface area contributed by atoms with Crippen molar-refractivity contribution < 1.29 is 0 Å². The maximum atomic E-state index is 4.91. The third-order valence-electron chi connectivity index (χ3n) is 4.72. The molecule has 0 spiro atoms. The Hall–Kier alpha value is -1.64. The molecule has 2 atom stereocenters. The second-order valence-electron chi connectivity index (χ2n) is 7.43. The van der Waals surface area contributed by atoms with Crippen LogP contribution in [0.5, 0.6) is 0 Å². The summed E-state index contributed by atoms with van der Waals surface area (Å²) in [4.78, 5) is 11.3. The molecule has 0 aliphatic carbocycles. The highest BCUT2D eigenvalue weighted by Crippen LogP contribution is 2.21. The Morgan fingerprint density at radius 3 is 2.63 bits per heavy atom. The van der Waals surface area contributed by atoms with Crippen molar-refractivity contribution in [1.82, 2.24) is 25.0 Å². The normalized spacial score (nSPS) is 20.3. The molecule has 27 heavy (non-hydrogen) atoms. The summed E-state index contributed by atoms with van der Waals surface area (Å²) >= 11 is 0. The van der Waals surface area contributed by atoms with E-state index in [1.54, 1.807) is 12.7 Å². The molecule has 2 heterocycles. The molecule has 1 N–H and O–H groups in total. The average Bonchev–Trinajstić information content (AvgIpc) is 3.11. The van der Waals surface area contributed by atoms with E-state index >= 15 is 0 Å². The Labute approximate surface area is 179 Å². The van der Waals surface area contributed by atoms with Gasteiger partial charge in [-0.2, -0.15) is 5.10 Å². The van der Waals surface area contributed by atoms with Crippen LogP contribution in [-0.2, 0) is 13.1 Å². The number of hydrogen-bond acceptors (Lipinski definition) is 3. The molecular weight excluding hydrogens is 451 g/mol. The predicted octanol–water partition coefficient (Wildman–Crippen LogP) is 3.39. The Morgan fingerprint density at radius 2 is 1.96 bits per heavy atom. The van der Waals surface area contributed by atoms with E-state index in [0.29, 0.717) is 18.4 Å². The number of guanidine groups is 1. The lowest BCUT2D eigenvalue weighted by molar-refractivity contribution is 0.208. The zero-order valence-electron chi connectivity index (χ0n) is 16.5. The highest BCUT2D eigenvalue weighted by Gasteiger charge is 2.23. The predicted molar refractivity (Wildman–Crippen MR) is 120 cm³/mol. The Kier molecular flexibility index (Phi) is 8.53. The summed E-state index contributed by atoms with van der Waals surface area (Å²) in [6.45, 7) is 11.3. The second kappa shape index (κ2) is 10.6. The highest BCUT2D eigenvalue weighted by atomic mass is 127. The van der Waals surface area contributed by atoms with Gasteiger partial charge in [-0.3, -0.25) is 0 Å². The van der Waals surface area contributed by atoms with E-state index in [4.69, 9.17) is 4.99 Å². The van der Waals surface area contributed by atoms with E-state index < -0.39 is 0 Å². The molecule has 7 heteroatoms. The maximum absolute atomic E-state index is 4.91. The molecule has 1 aliphatic rings. The minimum absolute atomic E-state index is 0. The molecule has 148 valence electrons. The third-order valence-corrected chi connectivity index (χ3v) is 4.72. The first-order valence-corrected chi connectivity index (χ1v) is 9.57. The molecule has 0 bridgehead atoms. The molecule has 0 amide bonds. The van der Waals surface area contributed by atoms with Crippen molar-refractivity contribution in [3.63, 3.8) is 0 Å². The Morgan fingerprint density at radius 1 is 1.22 bits per heavy atom. The van der Waals surface area contributed by atoms with Crippen LogP contribution in [-0.4, -0.2) is 45.3 Å². The molecule has 2 unspecified atom stereocenters. The van der Waals surface area contributed by atoms with Crippen molar-refractivity contribution in [2.45, 2.75) is 40.3 Å². The van der Waals surface area contributed by atoms with Gasteiger partial charge in [0.15, 0.2) is 5.96 Å². The van der Waals surface area contributed by atoms with E-state index in [1.807, 2.05) is 4.68 Å². The number of piperidine rings is 1. The van der Waals surface area contributed by atoms with Gasteiger partial charge < -0.3 is 10.2 Å². The van der Waals surface area contributed by atoms with Crippen LogP contribution >= 0.6 is 24.0 Å². The monoisotopic (exact) mass is 482 g/mol. The number of halogens is 1. The van der Waals surface area contributed by atoms with Gasteiger partial charge >= 0.3 is 0 Å². The van der Waals surface area contributed by atoms with Gasteiger partial charge in [0, 0.05) is 19.6 Å². The number of hydrogen-bond donors (Lipinski definition) is 1. The molecule has 2 aromatic rings. The number of nitrogens with zero attached hydrogens (tertiary/aromatic N) is 5. The fourth-order valence-corrected chi connectivity index (χ4v) is 3.76. The first-order valence-electron chi connectivity index (χ1n) is 9.57. The van der Waals surface area contributed by atoms with E-state index in [2.05, 4.69) is 65.3 Å². The lowest BCUT2D eigenvalue weighted by Crippen LogP contribution is -2.48. The molecule has 3 rings (SSSR count). The number of aromatic nitrogens is 3. The summed E-state index contributed by atoms with van der Waals surface area (Å²) < 4.78 is 1.84. The molecule has 1 aromatic heterocycles. The van der Waals surface area contributed by atoms with Crippen LogP contribution in [0, 0.1) is 11.8 Å².